The normalized spacial score (nSPS) is 30.6. The Hall–Kier alpha value is -2.65. The number of rotatable bonds is 3. The van der Waals surface area contributed by atoms with Gasteiger partial charge in [-0.15, -0.1) is 0 Å². The highest BCUT2D eigenvalue weighted by Crippen LogP contribution is 2.53. The van der Waals surface area contributed by atoms with E-state index in [-0.39, 0.29) is 29.6 Å². The highest BCUT2D eigenvalue weighted by Gasteiger charge is 2.53. The zero-order valence-corrected chi connectivity index (χ0v) is 18.3. The number of nitrogens with one attached hydrogen (secondary N) is 3. The fourth-order valence-corrected chi connectivity index (χ4v) is 6.88. The summed E-state index contributed by atoms with van der Waals surface area (Å²) in [5.41, 5.74) is 1.55. The molecule has 168 valence electrons. The fourth-order valence-electron chi connectivity index (χ4n) is 5.35. The second kappa shape index (κ2) is 8.71. The van der Waals surface area contributed by atoms with Gasteiger partial charge in [-0.2, -0.15) is 16.7 Å². The molecule has 1 aromatic carbocycles. The third-order valence-corrected chi connectivity index (χ3v) is 8.33. The van der Waals surface area contributed by atoms with Crippen LogP contribution in [0.1, 0.15) is 24.5 Å². The molecule has 0 radical (unpaired) electrons. The van der Waals surface area contributed by atoms with Crippen LogP contribution in [0.2, 0.25) is 0 Å². The number of aliphatic hydroxyl groups is 1. The second-order valence-corrected chi connectivity index (χ2v) is 9.98. The summed E-state index contributed by atoms with van der Waals surface area (Å²) in [6, 6.07) is 7.47. The number of nitrogens with zero attached hydrogens (tertiary/aromatic N) is 2. The summed E-state index contributed by atoms with van der Waals surface area (Å²) in [5.74, 6) is 1.20. The Bertz CT molecular complexity index is 1040. The molecule has 3 aliphatic rings. The molecule has 1 amide bonds. The number of amides is 1. The minimum atomic E-state index is -0.581. The molecule has 1 unspecified atom stereocenters. The van der Waals surface area contributed by atoms with Gasteiger partial charge in [0.15, 0.2) is 11.6 Å². The van der Waals surface area contributed by atoms with Crippen LogP contribution in [0.25, 0.3) is 0 Å². The van der Waals surface area contributed by atoms with Crippen molar-refractivity contribution in [2.45, 2.75) is 30.2 Å². The summed E-state index contributed by atoms with van der Waals surface area (Å²) < 4.78 is 14.7. The molecule has 2 aromatic rings. The molecule has 2 saturated carbocycles. The van der Waals surface area contributed by atoms with Gasteiger partial charge < -0.3 is 21.1 Å². The monoisotopic (exact) mass is 455 g/mol. The summed E-state index contributed by atoms with van der Waals surface area (Å²) in [7, 11) is 0. The average Bonchev–Trinajstić information content (AvgIpc) is 3.36. The molecule has 9 heteroatoms. The van der Waals surface area contributed by atoms with E-state index < -0.39 is 11.9 Å². The number of aliphatic hydroxyl groups excluding tert-OH is 1. The van der Waals surface area contributed by atoms with Gasteiger partial charge in [-0.05, 0) is 54.4 Å². The standard InChI is InChI=1S/C23H26FN5O2S/c1-2-20(31)25-9-16-13-7-15-19(8-13)32-11-18(30)12-4-3-5-14(6-12)27-23-26-10-17(24)22(29-23)28-21(15)16/h2-6,10,13,15-16,18-19,21,30H,1,7-9,11H2,(H,25,31)(H2,26,27,28,29)/t13-,15+,16-,18?,19+,21+/m0/s1. The van der Waals surface area contributed by atoms with Gasteiger partial charge in [0.25, 0.3) is 0 Å². The van der Waals surface area contributed by atoms with Crippen LogP contribution in [0.15, 0.2) is 43.1 Å². The minimum absolute atomic E-state index is 0.0356. The number of aromatic nitrogens is 2. The van der Waals surface area contributed by atoms with Crippen LogP contribution in [0.5, 0.6) is 0 Å². The van der Waals surface area contributed by atoms with Gasteiger partial charge in [0.1, 0.15) is 0 Å². The topological polar surface area (TPSA) is 99.2 Å². The molecular weight excluding hydrogens is 429 g/mol. The Morgan fingerprint density at radius 2 is 2.28 bits per heavy atom. The molecule has 0 saturated heterocycles. The van der Waals surface area contributed by atoms with E-state index in [0.29, 0.717) is 29.4 Å². The molecule has 2 aliphatic carbocycles. The van der Waals surface area contributed by atoms with Crippen LogP contribution >= 0.6 is 11.8 Å². The van der Waals surface area contributed by atoms with Crippen molar-refractivity contribution in [3.63, 3.8) is 0 Å². The lowest BCUT2D eigenvalue weighted by molar-refractivity contribution is -0.116. The number of carbonyl (C=O) groups is 1. The van der Waals surface area contributed by atoms with Gasteiger partial charge in [0, 0.05) is 29.3 Å². The Morgan fingerprint density at radius 1 is 1.41 bits per heavy atom. The van der Waals surface area contributed by atoms with Crippen molar-refractivity contribution in [3.8, 4) is 0 Å². The smallest absolute Gasteiger partial charge is 0.243 e. The number of carbonyl (C=O) groups excluding carboxylic acids is 1. The lowest BCUT2D eigenvalue weighted by Crippen LogP contribution is -2.45. The molecule has 0 spiro atoms. The van der Waals surface area contributed by atoms with Crippen LogP contribution < -0.4 is 16.0 Å². The molecule has 6 bridgehead atoms. The number of thioether (sulfide) groups is 1. The molecule has 1 aromatic heterocycles. The SMILES string of the molecule is C=CC(=O)NC[C@H]1[C@H]2C[C@H]3[C@H]1Nc1nc(ncc1F)Nc1cccc(c1)C(O)CS[C@@H]3C2. The second-order valence-electron chi connectivity index (χ2n) is 8.71. The summed E-state index contributed by atoms with van der Waals surface area (Å²) in [6.07, 6.45) is 3.88. The van der Waals surface area contributed by atoms with Crippen LogP contribution in [0.4, 0.5) is 21.8 Å². The van der Waals surface area contributed by atoms with Crippen molar-refractivity contribution in [2.75, 3.05) is 22.9 Å². The third-order valence-electron chi connectivity index (χ3n) is 6.86. The van der Waals surface area contributed by atoms with E-state index in [2.05, 4.69) is 32.5 Å². The molecule has 7 nitrogen and oxygen atoms in total. The number of hydrogen-bond acceptors (Lipinski definition) is 7. The van der Waals surface area contributed by atoms with Crippen LogP contribution in [-0.4, -0.2) is 44.6 Å². The Kier molecular flexibility index (Phi) is 5.77. The van der Waals surface area contributed by atoms with Gasteiger partial charge in [-0.1, -0.05) is 18.7 Å². The van der Waals surface area contributed by atoms with Crippen molar-refractivity contribution < 1.29 is 14.3 Å². The van der Waals surface area contributed by atoms with Crippen LogP contribution in [-0.2, 0) is 4.79 Å². The first-order chi connectivity index (χ1) is 15.5. The third kappa shape index (κ3) is 4.06. The lowest BCUT2D eigenvalue weighted by atomic mass is 9.84. The Morgan fingerprint density at radius 3 is 3.12 bits per heavy atom. The predicted octanol–water partition coefficient (Wildman–Crippen LogP) is 3.25. The summed E-state index contributed by atoms with van der Waals surface area (Å²) in [6.45, 7) is 4.03. The van der Waals surface area contributed by atoms with Crippen molar-refractivity contribution in [2.24, 2.45) is 17.8 Å². The van der Waals surface area contributed by atoms with E-state index in [9.17, 15) is 14.3 Å². The number of anilines is 3. The largest absolute Gasteiger partial charge is 0.388 e. The molecular formula is C23H26FN5O2S. The zero-order chi connectivity index (χ0) is 22.2. The van der Waals surface area contributed by atoms with E-state index in [4.69, 9.17) is 0 Å². The minimum Gasteiger partial charge on any atom is -0.388 e. The van der Waals surface area contributed by atoms with Crippen molar-refractivity contribution >= 4 is 35.1 Å². The van der Waals surface area contributed by atoms with Gasteiger partial charge in [-0.3, -0.25) is 4.79 Å². The first kappa shape index (κ1) is 21.2. The van der Waals surface area contributed by atoms with Gasteiger partial charge in [0.2, 0.25) is 11.9 Å². The summed E-state index contributed by atoms with van der Waals surface area (Å²) >= 11 is 1.78. The molecule has 4 N–H and O–H groups in total. The molecule has 32 heavy (non-hydrogen) atoms. The van der Waals surface area contributed by atoms with Crippen LogP contribution in [0.3, 0.4) is 0 Å². The van der Waals surface area contributed by atoms with E-state index in [1.807, 2.05) is 24.3 Å². The van der Waals surface area contributed by atoms with Gasteiger partial charge >= 0.3 is 0 Å². The summed E-state index contributed by atoms with van der Waals surface area (Å²) in [5, 5.41) is 20.5. The first-order valence-electron chi connectivity index (χ1n) is 10.9. The molecule has 6 atom stereocenters. The van der Waals surface area contributed by atoms with Crippen molar-refractivity contribution in [1.29, 1.82) is 0 Å². The number of halogens is 1. The maximum absolute atomic E-state index is 14.7. The molecule has 1 aliphatic heterocycles. The number of hydrogen-bond donors (Lipinski definition) is 4. The Balaban J connectivity index is 1.48. The molecule has 2 heterocycles. The van der Waals surface area contributed by atoms with E-state index in [1.165, 1.54) is 6.08 Å². The van der Waals surface area contributed by atoms with Crippen molar-refractivity contribution in [3.05, 3.63) is 54.5 Å². The zero-order valence-electron chi connectivity index (χ0n) is 17.5. The average molecular weight is 456 g/mol. The number of benzene rings is 1. The first-order valence-corrected chi connectivity index (χ1v) is 11.9. The quantitative estimate of drug-likeness (QED) is 0.528. The predicted molar refractivity (Wildman–Crippen MR) is 123 cm³/mol. The molecule has 5 rings (SSSR count). The molecule has 2 fully saturated rings. The Labute approximate surface area is 190 Å². The van der Waals surface area contributed by atoms with Gasteiger partial charge in [-0.25, -0.2) is 9.37 Å². The van der Waals surface area contributed by atoms with E-state index in [1.54, 1.807) is 11.8 Å². The maximum atomic E-state index is 14.7. The summed E-state index contributed by atoms with van der Waals surface area (Å²) in [4.78, 5) is 20.2. The van der Waals surface area contributed by atoms with E-state index >= 15 is 0 Å². The highest BCUT2D eigenvalue weighted by molar-refractivity contribution is 7.99. The van der Waals surface area contributed by atoms with E-state index in [0.717, 1.165) is 30.3 Å². The number of fused-ring (bicyclic) bond motifs is 5. The maximum Gasteiger partial charge on any atom is 0.243 e. The fraction of sp³-hybridized carbons (Fsp3) is 0.435. The van der Waals surface area contributed by atoms with Gasteiger partial charge in [0.05, 0.1) is 12.3 Å². The highest BCUT2D eigenvalue weighted by atomic mass is 32.2. The van der Waals surface area contributed by atoms with Crippen LogP contribution in [0, 0.1) is 23.6 Å². The van der Waals surface area contributed by atoms with Crippen molar-refractivity contribution in [1.82, 2.24) is 15.3 Å². The lowest BCUT2D eigenvalue weighted by Gasteiger charge is -2.37.